The number of nitrogens with two attached hydrogens (primary N) is 1. The minimum absolute atomic E-state index is 0.0781. The summed E-state index contributed by atoms with van der Waals surface area (Å²) in [6, 6.07) is 35.8. The third-order valence-electron chi connectivity index (χ3n) is 8.25. The van der Waals surface area contributed by atoms with Gasteiger partial charge in [0.25, 0.3) is 5.91 Å². The lowest BCUT2D eigenvalue weighted by Crippen LogP contribution is -2.47. The quantitative estimate of drug-likeness (QED) is 0.315. The zero-order valence-corrected chi connectivity index (χ0v) is 22.4. The van der Waals surface area contributed by atoms with E-state index in [4.69, 9.17) is 5.73 Å². The third-order valence-corrected chi connectivity index (χ3v) is 8.25. The zero-order valence-electron chi connectivity index (χ0n) is 22.4. The monoisotopic (exact) mass is 516 g/mol. The van der Waals surface area contributed by atoms with Crippen molar-refractivity contribution in [3.8, 4) is 0 Å². The lowest BCUT2D eigenvalue weighted by molar-refractivity contribution is 0.0980. The Bertz CT molecular complexity index is 1360. The number of nitrogen functional groups attached to an aromatic ring is 1. The molecule has 0 aromatic heterocycles. The van der Waals surface area contributed by atoms with Crippen molar-refractivity contribution in [2.45, 2.75) is 18.8 Å². The lowest BCUT2D eigenvalue weighted by Gasteiger charge is -2.37. The van der Waals surface area contributed by atoms with Crippen molar-refractivity contribution < 1.29 is 4.79 Å². The summed E-state index contributed by atoms with van der Waals surface area (Å²) in [4.78, 5) is 20.3. The molecule has 0 atom stereocenters. The molecule has 39 heavy (non-hydrogen) atoms. The van der Waals surface area contributed by atoms with Crippen LogP contribution in [0.3, 0.4) is 0 Å². The van der Waals surface area contributed by atoms with Crippen LogP contribution in [0.1, 0.15) is 39.4 Å². The molecule has 2 aliphatic rings. The Morgan fingerprint density at radius 3 is 1.95 bits per heavy atom. The van der Waals surface area contributed by atoms with Crippen LogP contribution in [-0.2, 0) is 6.42 Å². The number of rotatable bonds is 7. The second kappa shape index (κ2) is 11.3. The largest absolute Gasteiger partial charge is 0.399 e. The van der Waals surface area contributed by atoms with Gasteiger partial charge in [0.2, 0.25) is 0 Å². The molecule has 4 aromatic carbocycles. The second-order valence-electron chi connectivity index (χ2n) is 10.6. The highest BCUT2D eigenvalue weighted by Crippen LogP contribution is 2.30. The van der Waals surface area contributed by atoms with Gasteiger partial charge in [-0.1, -0.05) is 66.7 Å². The van der Waals surface area contributed by atoms with E-state index in [1.807, 2.05) is 29.2 Å². The zero-order chi connectivity index (χ0) is 26.6. The van der Waals surface area contributed by atoms with Crippen molar-refractivity contribution in [1.82, 2.24) is 4.90 Å². The molecule has 4 aromatic rings. The Balaban J connectivity index is 1.10. The van der Waals surface area contributed by atoms with Gasteiger partial charge < -0.3 is 15.5 Å². The average Bonchev–Trinajstić information content (AvgIpc) is 2.99. The molecule has 6 rings (SSSR count). The lowest BCUT2D eigenvalue weighted by atomic mass is 9.88. The summed E-state index contributed by atoms with van der Waals surface area (Å²) in [5.41, 5.74) is 13.3. The fraction of sp³-hybridized carbons (Fsp3) is 0.265. The molecule has 0 aliphatic carbocycles. The molecule has 0 saturated carbocycles. The highest BCUT2D eigenvalue weighted by molar-refractivity contribution is 6.08. The first kappa shape index (κ1) is 25.2. The number of carbonyl (C=O) groups excluding carboxylic acids is 1. The summed E-state index contributed by atoms with van der Waals surface area (Å²) in [6.45, 7) is 5.76. The Kier molecular flexibility index (Phi) is 7.33. The fourth-order valence-electron chi connectivity index (χ4n) is 6.00. The van der Waals surface area contributed by atoms with E-state index in [-0.39, 0.29) is 5.91 Å². The van der Waals surface area contributed by atoms with Gasteiger partial charge in [-0.15, -0.1) is 0 Å². The summed E-state index contributed by atoms with van der Waals surface area (Å²) in [5.74, 6) is 0.482. The predicted molar refractivity (Wildman–Crippen MR) is 161 cm³/mol. The SMILES string of the molecule is Nc1ccc(N2CCc3ccc(N4CCN(CCC(c5ccccc5)c5ccccc5)CC4)cc3C2=O)cc1. The van der Waals surface area contributed by atoms with Crippen molar-refractivity contribution in [2.24, 2.45) is 0 Å². The molecular weight excluding hydrogens is 480 g/mol. The second-order valence-corrected chi connectivity index (χ2v) is 10.6. The van der Waals surface area contributed by atoms with Gasteiger partial charge in [-0.2, -0.15) is 0 Å². The average molecular weight is 517 g/mol. The van der Waals surface area contributed by atoms with E-state index in [2.05, 4.69) is 88.7 Å². The standard InChI is InChI=1S/C34H36N4O/c35-29-12-15-30(16-13-29)38-20-17-28-11-14-31(25-33(28)34(38)39)37-23-21-36(22-24-37)19-18-32(26-7-3-1-4-8-26)27-9-5-2-6-10-27/h1-16,25,32H,17-24,35H2. The summed E-state index contributed by atoms with van der Waals surface area (Å²) in [5, 5.41) is 0. The minimum atomic E-state index is 0.0781. The fourth-order valence-corrected chi connectivity index (χ4v) is 6.00. The van der Waals surface area contributed by atoms with E-state index in [0.717, 1.165) is 68.1 Å². The van der Waals surface area contributed by atoms with Crippen molar-refractivity contribution in [3.05, 3.63) is 125 Å². The van der Waals surface area contributed by atoms with Crippen LogP contribution in [0.2, 0.25) is 0 Å². The van der Waals surface area contributed by atoms with Crippen LogP contribution in [0.4, 0.5) is 17.1 Å². The molecule has 1 fully saturated rings. The van der Waals surface area contributed by atoms with Crippen LogP contribution in [0.15, 0.2) is 103 Å². The molecule has 2 heterocycles. The Morgan fingerprint density at radius 2 is 1.31 bits per heavy atom. The van der Waals surface area contributed by atoms with E-state index in [9.17, 15) is 4.79 Å². The van der Waals surface area contributed by atoms with E-state index < -0.39 is 0 Å². The predicted octanol–water partition coefficient (Wildman–Crippen LogP) is 5.82. The van der Waals surface area contributed by atoms with Crippen molar-refractivity contribution in [3.63, 3.8) is 0 Å². The smallest absolute Gasteiger partial charge is 0.258 e. The summed E-state index contributed by atoms with van der Waals surface area (Å²) < 4.78 is 0. The number of piperazine rings is 1. The number of nitrogens with zero attached hydrogens (tertiary/aromatic N) is 3. The van der Waals surface area contributed by atoms with Gasteiger partial charge in [-0.3, -0.25) is 9.69 Å². The molecule has 0 bridgehead atoms. The van der Waals surface area contributed by atoms with E-state index >= 15 is 0 Å². The van der Waals surface area contributed by atoms with Gasteiger partial charge in [0.05, 0.1) is 0 Å². The molecule has 2 N–H and O–H groups in total. The number of anilines is 3. The molecule has 198 valence electrons. The van der Waals surface area contributed by atoms with Crippen LogP contribution in [-0.4, -0.2) is 50.1 Å². The molecule has 1 amide bonds. The Morgan fingerprint density at radius 1 is 0.692 bits per heavy atom. The molecule has 0 spiro atoms. The van der Waals surface area contributed by atoms with Crippen molar-refractivity contribution in [1.29, 1.82) is 0 Å². The number of carbonyl (C=O) groups is 1. The van der Waals surface area contributed by atoms with Crippen molar-refractivity contribution in [2.75, 3.05) is 54.8 Å². The first-order valence-corrected chi connectivity index (χ1v) is 14.0. The minimum Gasteiger partial charge on any atom is -0.399 e. The molecule has 0 radical (unpaired) electrons. The van der Waals surface area contributed by atoms with Crippen LogP contribution >= 0.6 is 0 Å². The van der Waals surface area contributed by atoms with E-state index in [1.54, 1.807) is 0 Å². The van der Waals surface area contributed by atoms with E-state index in [1.165, 1.54) is 11.1 Å². The van der Waals surface area contributed by atoms with Gasteiger partial charge in [0.1, 0.15) is 0 Å². The first-order chi connectivity index (χ1) is 19.2. The van der Waals surface area contributed by atoms with Crippen LogP contribution in [0.5, 0.6) is 0 Å². The normalized spacial score (nSPS) is 16.0. The maximum Gasteiger partial charge on any atom is 0.258 e. The third kappa shape index (κ3) is 5.55. The first-order valence-electron chi connectivity index (χ1n) is 14.0. The summed E-state index contributed by atoms with van der Waals surface area (Å²) in [7, 11) is 0. The van der Waals surface area contributed by atoms with Crippen molar-refractivity contribution >= 4 is 23.0 Å². The number of fused-ring (bicyclic) bond motifs is 1. The molecule has 5 nitrogen and oxygen atoms in total. The van der Waals surface area contributed by atoms with Crippen LogP contribution in [0, 0.1) is 0 Å². The molecule has 1 saturated heterocycles. The number of benzene rings is 4. The topological polar surface area (TPSA) is 52.8 Å². The number of hydrogen-bond acceptors (Lipinski definition) is 4. The molecular formula is C34H36N4O. The van der Waals surface area contributed by atoms with Gasteiger partial charge in [-0.25, -0.2) is 0 Å². The number of amides is 1. The Labute approximate surface area is 231 Å². The Hall–Kier alpha value is -4.09. The highest BCUT2D eigenvalue weighted by Gasteiger charge is 2.27. The van der Waals surface area contributed by atoms with E-state index in [0.29, 0.717) is 18.2 Å². The maximum atomic E-state index is 13.4. The summed E-state index contributed by atoms with van der Waals surface area (Å²) >= 11 is 0. The van der Waals surface area contributed by atoms with Gasteiger partial charge in [-0.05, 0) is 72.5 Å². The van der Waals surface area contributed by atoms with Gasteiger partial charge in [0.15, 0.2) is 0 Å². The molecule has 0 unspecified atom stereocenters. The molecule has 2 aliphatic heterocycles. The van der Waals surface area contributed by atoms with Crippen LogP contribution < -0.4 is 15.5 Å². The highest BCUT2D eigenvalue weighted by atomic mass is 16.2. The van der Waals surface area contributed by atoms with Crippen LogP contribution in [0.25, 0.3) is 0 Å². The van der Waals surface area contributed by atoms with Gasteiger partial charge in [0, 0.05) is 61.3 Å². The number of hydrogen-bond donors (Lipinski definition) is 1. The maximum absolute atomic E-state index is 13.4. The summed E-state index contributed by atoms with van der Waals surface area (Å²) in [6.07, 6.45) is 1.96. The molecule has 5 heteroatoms. The van der Waals surface area contributed by atoms with Gasteiger partial charge >= 0.3 is 0 Å².